The summed E-state index contributed by atoms with van der Waals surface area (Å²) in [5.74, 6) is -1.12. The summed E-state index contributed by atoms with van der Waals surface area (Å²) in [5, 5.41) is 9.65. The molecule has 1 aliphatic heterocycles. The highest BCUT2D eigenvalue weighted by atomic mass is 32.1. The Kier molecular flexibility index (Phi) is 3.10. The number of benzene rings is 1. The number of amides is 1. The van der Waals surface area contributed by atoms with Crippen LogP contribution in [0, 0.1) is 6.92 Å². The van der Waals surface area contributed by atoms with Crippen molar-refractivity contribution in [1.82, 2.24) is 9.88 Å². The lowest BCUT2D eigenvalue weighted by Crippen LogP contribution is -2.22. The Labute approximate surface area is 125 Å². The van der Waals surface area contributed by atoms with E-state index in [2.05, 4.69) is 11.6 Å². The van der Waals surface area contributed by atoms with Crippen molar-refractivity contribution < 1.29 is 14.7 Å². The van der Waals surface area contributed by atoms with Gasteiger partial charge in [-0.3, -0.25) is 4.79 Å². The van der Waals surface area contributed by atoms with Gasteiger partial charge in [0.2, 0.25) is 0 Å². The van der Waals surface area contributed by atoms with Crippen LogP contribution < -0.4 is 0 Å². The molecule has 0 saturated heterocycles. The van der Waals surface area contributed by atoms with Gasteiger partial charge in [0.15, 0.2) is 0 Å². The van der Waals surface area contributed by atoms with Crippen molar-refractivity contribution in [2.24, 2.45) is 0 Å². The second-order valence-corrected chi connectivity index (χ2v) is 5.79. The molecule has 1 N–H and O–H groups in total. The van der Waals surface area contributed by atoms with E-state index >= 15 is 0 Å². The van der Waals surface area contributed by atoms with Crippen LogP contribution in [0.4, 0.5) is 0 Å². The van der Waals surface area contributed by atoms with Gasteiger partial charge in [-0.2, -0.15) is 0 Å². The summed E-state index contributed by atoms with van der Waals surface area (Å²) in [6, 6.07) is 7.28. The highest BCUT2D eigenvalue weighted by Gasteiger charge is 2.31. The van der Waals surface area contributed by atoms with E-state index in [1.54, 1.807) is 13.0 Å². The van der Waals surface area contributed by atoms with E-state index in [9.17, 15) is 9.59 Å². The number of aromatic carboxylic acids is 1. The summed E-state index contributed by atoms with van der Waals surface area (Å²) in [6.45, 7) is 5.85. The summed E-state index contributed by atoms with van der Waals surface area (Å²) in [6.07, 6.45) is 0. The van der Waals surface area contributed by atoms with Gasteiger partial charge in [0.1, 0.15) is 9.88 Å². The number of nitrogens with zero attached hydrogens (tertiary/aromatic N) is 2. The number of carbonyl (C=O) groups is 2. The maximum atomic E-state index is 12.4. The van der Waals surface area contributed by atoms with E-state index in [-0.39, 0.29) is 17.3 Å². The zero-order valence-electron chi connectivity index (χ0n) is 11.3. The Hall–Kier alpha value is -2.47. The first-order valence-corrected chi connectivity index (χ1v) is 7.10. The molecular formula is C15H12N2O3S. The zero-order chi connectivity index (χ0) is 15.1. The fourth-order valence-corrected chi connectivity index (χ4v) is 3.25. The van der Waals surface area contributed by atoms with E-state index in [4.69, 9.17) is 5.11 Å². The molecule has 2 aromatic rings. The molecule has 0 saturated carbocycles. The lowest BCUT2D eigenvalue weighted by Gasteiger charge is -2.15. The third-order valence-electron chi connectivity index (χ3n) is 3.37. The first-order chi connectivity index (χ1) is 9.99. The molecule has 1 aliphatic rings. The summed E-state index contributed by atoms with van der Waals surface area (Å²) in [5.41, 5.74) is 2.53. The number of thiazole rings is 1. The molecule has 106 valence electrons. The zero-order valence-corrected chi connectivity index (χ0v) is 12.1. The molecule has 0 aliphatic carbocycles. The van der Waals surface area contributed by atoms with E-state index in [0.29, 0.717) is 22.0 Å². The van der Waals surface area contributed by atoms with Crippen LogP contribution in [-0.4, -0.2) is 26.9 Å². The molecule has 0 radical (unpaired) electrons. The molecule has 6 heteroatoms. The van der Waals surface area contributed by atoms with Crippen LogP contribution in [0.3, 0.4) is 0 Å². The third-order valence-corrected chi connectivity index (χ3v) is 4.50. The summed E-state index contributed by atoms with van der Waals surface area (Å²) in [7, 11) is 0. The van der Waals surface area contributed by atoms with Crippen molar-refractivity contribution in [3.05, 3.63) is 57.6 Å². The second-order valence-electron chi connectivity index (χ2n) is 4.71. The van der Waals surface area contributed by atoms with Crippen molar-refractivity contribution in [2.75, 3.05) is 0 Å². The van der Waals surface area contributed by atoms with Crippen LogP contribution in [0.15, 0.2) is 30.8 Å². The molecule has 1 aromatic carbocycles. The second kappa shape index (κ2) is 4.82. The number of carbonyl (C=O) groups excluding carboxylic acids is 1. The Balaban J connectivity index is 1.90. The van der Waals surface area contributed by atoms with Crippen LogP contribution in [0.25, 0.3) is 5.70 Å². The number of carboxylic acid groups (broad SMARTS) is 1. The molecule has 0 bridgehead atoms. The molecular weight excluding hydrogens is 288 g/mol. The minimum Gasteiger partial charge on any atom is -0.477 e. The number of aryl methyl sites for hydroxylation is 1. The Morgan fingerprint density at radius 1 is 1.38 bits per heavy atom. The standard InChI is InChI=1S/C15H12N2O3S/c1-8-13(15(19)20)21-12(16-8)7-17-9(2)10-5-3-4-6-11(10)14(17)18/h3-6H,2,7H2,1H3,(H,19,20). The summed E-state index contributed by atoms with van der Waals surface area (Å²) >= 11 is 1.09. The number of rotatable bonds is 3. The van der Waals surface area contributed by atoms with E-state index in [0.717, 1.165) is 16.9 Å². The van der Waals surface area contributed by atoms with Crippen molar-refractivity contribution >= 4 is 28.9 Å². The fourth-order valence-electron chi connectivity index (χ4n) is 2.36. The van der Waals surface area contributed by atoms with Crippen molar-refractivity contribution in [1.29, 1.82) is 0 Å². The maximum absolute atomic E-state index is 12.4. The van der Waals surface area contributed by atoms with Gasteiger partial charge < -0.3 is 10.0 Å². The molecule has 0 atom stereocenters. The van der Waals surface area contributed by atoms with Gasteiger partial charge in [0.25, 0.3) is 5.91 Å². The fraction of sp³-hybridized carbons (Fsp3) is 0.133. The van der Waals surface area contributed by atoms with Gasteiger partial charge in [-0.05, 0) is 13.0 Å². The Morgan fingerprint density at radius 2 is 2.05 bits per heavy atom. The number of fused-ring (bicyclic) bond motifs is 1. The largest absolute Gasteiger partial charge is 0.477 e. The lowest BCUT2D eigenvalue weighted by atomic mass is 10.1. The minimum atomic E-state index is -0.994. The van der Waals surface area contributed by atoms with Crippen molar-refractivity contribution in [3.8, 4) is 0 Å². The molecule has 5 nitrogen and oxygen atoms in total. The third kappa shape index (κ3) is 2.13. The number of hydrogen-bond acceptors (Lipinski definition) is 4. The summed E-state index contributed by atoms with van der Waals surface area (Å²) in [4.78, 5) is 29.4. The van der Waals surface area contributed by atoms with Crippen LogP contribution in [0.2, 0.25) is 0 Å². The van der Waals surface area contributed by atoms with Crippen LogP contribution >= 0.6 is 11.3 Å². The van der Waals surface area contributed by atoms with Gasteiger partial charge in [0.05, 0.1) is 12.2 Å². The van der Waals surface area contributed by atoms with Crippen molar-refractivity contribution in [3.63, 3.8) is 0 Å². The smallest absolute Gasteiger partial charge is 0.347 e. The van der Waals surface area contributed by atoms with Crippen LogP contribution in [0.1, 0.15) is 36.3 Å². The first-order valence-electron chi connectivity index (χ1n) is 6.29. The van der Waals surface area contributed by atoms with Gasteiger partial charge >= 0.3 is 5.97 Å². The molecule has 3 rings (SSSR count). The topological polar surface area (TPSA) is 70.5 Å². The molecule has 1 amide bonds. The monoisotopic (exact) mass is 300 g/mol. The molecule has 21 heavy (non-hydrogen) atoms. The summed E-state index contributed by atoms with van der Waals surface area (Å²) < 4.78 is 0. The van der Waals surface area contributed by atoms with Crippen molar-refractivity contribution in [2.45, 2.75) is 13.5 Å². The molecule has 0 unspecified atom stereocenters. The first kappa shape index (κ1) is 13.5. The van der Waals surface area contributed by atoms with Gasteiger partial charge in [-0.25, -0.2) is 9.78 Å². The van der Waals surface area contributed by atoms with E-state index in [1.807, 2.05) is 18.2 Å². The van der Waals surface area contributed by atoms with Gasteiger partial charge in [-0.1, -0.05) is 24.8 Å². The van der Waals surface area contributed by atoms with Gasteiger partial charge in [0, 0.05) is 16.8 Å². The molecule has 0 fully saturated rings. The predicted octanol–water partition coefficient (Wildman–Crippen LogP) is 2.78. The molecule has 1 aromatic heterocycles. The highest BCUT2D eigenvalue weighted by molar-refractivity contribution is 7.13. The Bertz CT molecular complexity index is 744. The van der Waals surface area contributed by atoms with Gasteiger partial charge in [-0.15, -0.1) is 11.3 Å². The highest BCUT2D eigenvalue weighted by Crippen LogP contribution is 2.33. The quantitative estimate of drug-likeness (QED) is 0.946. The number of aromatic nitrogens is 1. The van der Waals surface area contributed by atoms with Crippen LogP contribution in [-0.2, 0) is 6.54 Å². The van der Waals surface area contributed by atoms with Crippen LogP contribution in [0.5, 0.6) is 0 Å². The molecule has 2 heterocycles. The van der Waals surface area contributed by atoms with E-state index < -0.39 is 5.97 Å². The predicted molar refractivity (Wildman–Crippen MR) is 79.2 cm³/mol. The average molecular weight is 300 g/mol. The lowest BCUT2D eigenvalue weighted by molar-refractivity contribution is 0.0700. The van der Waals surface area contributed by atoms with E-state index in [1.165, 1.54) is 4.90 Å². The number of carboxylic acids is 1. The normalized spacial score (nSPS) is 13.7. The minimum absolute atomic E-state index is 0.125. The SMILES string of the molecule is C=C1c2ccccc2C(=O)N1Cc1nc(C)c(C(=O)O)s1. The number of hydrogen-bond donors (Lipinski definition) is 1. The maximum Gasteiger partial charge on any atom is 0.347 e. The molecule has 0 spiro atoms. The Morgan fingerprint density at radius 3 is 2.62 bits per heavy atom. The average Bonchev–Trinajstić information content (AvgIpc) is 2.94.